The summed E-state index contributed by atoms with van der Waals surface area (Å²) in [5.41, 5.74) is 5.24. The Kier molecular flexibility index (Phi) is 4.46. The number of nitrogens with zero attached hydrogens (tertiary/aromatic N) is 2. The van der Waals surface area contributed by atoms with Crippen LogP contribution in [-0.2, 0) is 22.9 Å². The summed E-state index contributed by atoms with van der Waals surface area (Å²) >= 11 is 0. The fourth-order valence-electron chi connectivity index (χ4n) is 3.12. The molecule has 3 rings (SSSR count). The van der Waals surface area contributed by atoms with Crippen molar-refractivity contribution >= 4 is 18.3 Å². The summed E-state index contributed by atoms with van der Waals surface area (Å²) in [6, 6.07) is 4.35. The summed E-state index contributed by atoms with van der Waals surface area (Å²) in [5, 5.41) is 7.62. The van der Waals surface area contributed by atoms with Crippen LogP contribution in [0.3, 0.4) is 0 Å². The van der Waals surface area contributed by atoms with Gasteiger partial charge in [0, 0.05) is 19.8 Å². The van der Waals surface area contributed by atoms with E-state index in [0.29, 0.717) is 0 Å². The maximum atomic E-state index is 6.18. The number of aromatic nitrogens is 2. The van der Waals surface area contributed by atoms with Gasteiger partial charge in [0.2, 0.25) is 0 Å². The molecule has 0 radical (unpaired) electrons. The zero-order valence-electron chi connectivity index (χ0n) is 16.3. The first-order valence-electron chi connectivity index (χ1n) is 8.77. The van der Waals surface area contributed by atoms with E-state index in [9.17, 15) is 0 Å². The Morgan fingerprint density at radius 1 is 1.08 bits per heavy atom. The van der Waals surface area contributed by atoms with Crippen LogP contribution >= 0.6 is 0 Å². The molecule has 1 aliphatic rings. The third-order valence-electron chi connectivity index (χ3n) is 5.42. The molecular formula is C19H28BN3O2. The lowest BCUT2D eigenvalue weighted by Crippen LogP contribution is -2.41. The van der Waals surface area contributed by atoms with E-state index in [1.807, 2.05) is 19.4 Å². The largest absolute Gasteiger partial charge is 0.494 e. The second kappa shape index (κ2) is 6.18. The molecule has 25 heavy (non-hydrogen) atoms. The molecule has 0 amide bonds. The number of anilines is 1. The van der Waals surface area contributed by atoms with Gasteiger partial charge in [-0.1, -0.05) is 12.1 Å². The van der Waals surface area contributed by atoms with E-state index in [-0.39, 0.29) is 18.3 Å². The zero-order valence-corrected chi connectivity index (χ0v) is 16.3. The van der Waals surface area contributed by atoms with Crippen molar-refractivity contribution < 1.29 is 9.31 Å². The van der Waals surface area contributed by atoms with Crippen LogP contribution in [0, 0.1) is 13.8 Å². The molecular weight excluding hydrogens is 313 g/mol. The second-order valence-electron chi connectivity index (χ2n) is 7.98. The van der Waals surface area contributed by atoms with Crippen LogP contribution in [0.1, 0.15) is 44.4 Å². The zero-order chi connectivity index (χ0) is 18.4. The molecule has 0 aliphatic carbocycles. The van der Waals surface area contributed by atoms with Crippen molar-refractivity contribution in [1.29, 1.82) is 0 Å². The Morgan fingerprint density at radius 3 is 2.12 bits per heavy atom. The van der Waals surface area contributed by atoms with Gasteiger partial charge < -0.3 is 14.6 Å². The van der Waals surface area contributed by atoms with E-state index < -0.39 is 0 Å². The minimum Gasteiger partial charge on any atom is -0.399 e. The first kappa shape index (κ1) is 18.0. The lowest BCUT2D eigenvalue weighted by atomic mass is 9.76. The predicted octanol–water partition coefficient (Wildman–Crippen LogP) is 2.95. The number of hydrogen-bond acceptors (Lipinski definition) is 4. The Labute approximate surface area is 150 Å². The summed E-state index contributed by atoms with van der Waals surface area (Å²) in [5.74, 6) is 0. The first-order chi connectivity index (χ1) is 11.6. The number of hydrogen-bond donors (Lipinski definition) is 1. The van der Waals surface area contributed by atoms with E-state index >= 15 is 0 Å². The Bertz CT molecular complexity index is 744. The summed E-state index contributed by atoms with van der Waals surface area (Å²) in [6.07, 6.45) is 3.81. The van der Waals surface area contributed by atoms with Crippen LogP contribution in [0.2, 0.25) is 0 Å². The molecule has 2 aromatic rings. The Morgan fingerprint density at radius 2 is 1.64 bits per heavy atom. The highest BCUT2D eigenvalue weighted by molar-refractivity contribution is 6.62. The molecule has 0 saturated carbocycles. The fraction of sp³-hybridized carbons (Fsp3) is 0.526. The average molecular weight is 341 g/mol. The van der Waals surface area contributed by atoms with Crippen LogP contribution in [0.4, 0.5) is 5.69 Å². The highest BCUT2D eigenvalue weighted by Gasteiger charge is 2.51. The van der Waals surface area contributed by atoms with Gasteiger partial charge in [0.25, 0.3) is 0 Å². The molecule has 0 unspecified atom stereocenters. The lowest BCUT2D eigenvalue weighted by molar-refractivity contribution is 0.00578. The van der Waals surface area contributed by atoms with Crippen LogP contribution < -0.4 is 10.8 Å². The smallest absolute Gasteiger partial charge is 0.399 e. The van der Waals surface area contributed by atoms with E-state index in [1.165, 1.54) is 16.7 Å². The summed E-state index contributed by atoms with van der Waals surface area (Å²) in [6.45, 7) is 13.4. The van der Waals surface area contributed by atoms with E-state index in [2.05, 4.69) is 64.1 Å². The first-order valence-corrected chi connectivity index (χ1v) is 8.77. The van der Waals surface area contributed by atoms with E-state index in [1.54, 1.807) is 4.68 Å². The molecule has 0 spiro atoms. The number of rotatable bonds is 4. The van der Waals surface area contributed by atoms with Gasteiger partial charge in [0.05, 0.1) is 23.1 Å². The fourth-order valence-corrected chi connectivity index (χ4v) is 3.12. The predicted molar refractivity (Wildman–Crippen MR) is 102 cm³/mol. The van der Waals surface area contributed by atoms with Gasteiger partial charge in [0.15, 0.2) is 0 Å². The lowest BCUT2D eigenvalue weighted by Gasteiger charge is -2.32. The molecule has 2 heterocycles. The molecule has 134 valence electrons. The maximum Gasteiger partial charge on any atom is 0.494 e. The van der Waals surface area contributed by atoms with Gasteiger partial charge in [-0.3, -0.25) is 4.68 Å². The van der Waals surface area contributed by atoms with Crippen LogP contribution in [0.25, 0.3) is 0 Å². The minimum atomic E-state index is -0.319. The van der Waals surface area contributed by atoms with Crippen LogP contribution in [0.15, 0.2) is 24.5 Å². The van der Waals surface area contributed by atoms with Crippen molar-refractivity contribution in [2.24, 2.45) is 7.05 Å². The van der Waals surface area contributed by atoms with Gasteiger partial charge in [-0.05, 0) is 63.7 Å². The van der Waals surface area contributed by atoms with Crippen molar-refractivity contribution in [3.63, 3.8) is 0 Å². The Balaban J connectivity index is 1.79. The highest BCUT2D eigenvalue weighted by atomic mass is 16.7. The standard InChI is InChI=1S/C19H28BN3O2/c1-13-8-15(20-24-18(3,4)19(5,6)25-20)9-14(2)17(13)11-21-16-10-22-23(7)12-16/h8-10,12,21H,11H2,1-7H3. The molecule has 1 aromatic carbocycles. The third kappa shape index (κ3) is 3.46. The quantitative estimate of drug-likeness (QED) is 0.869. The van der Waals surface area contributed by atoms with Crippen molar-refractivity contribution in [2.75, 3.05) is 5.32 Å². The summed E-state index contributed by atoms with van der Waals surface area (Å²) in [7, 11) is 1.60. The van der Waals surface area contributed by atoms with E-state index in [0.717, 1.165) is 17.7 Å². The van der Waals surface area contributed by atoms with Gasteiger partial charge in [-0.25, -0.2) is 0 Å². The monoisotopic (exact) mass is 341 g/mol. The minimum absolute atomic E-state index is 0.317. The van der Waals surface area contributed by atoms with E-state index in [4.69, 9.17) is 9.31 Å². The summed E-state index contributed by atoms with van der Waals surface area (Å²) in [4.78, 5) is 0. The molecule has 0 bridgehead atoms. The SMILES string of the molecule is Cc1cc(B2OC(C)(C)C(C)(C)O2)cc(C)c1CNc1cnn(C)c1. The summed E-state index contributed by atoms with van der Waals surface area (Å²) < 4.78 is 14.2. The number of benzene rings is 1. The third-order valence-corrected chi connectivity index (χ3v) is 5.42. The molecule has 1 saturated heterocycles. The van der Waals surface area contributed by atoms with Crippen molar-refractivity contribution in [3.8, 4) is 0 Å². The van der Waals surface area contributed by atoms with Crippen molar-refractivity contribution in [3.05, 3.63) is 41.2 Å². The molecule has 1 fully saturated rings. The molecule has 1 aromatic heterocycles. The molecule has 5 nitrogen and oxygen atoms in total. The molecule has 1 N–H and O–H groups in total. The maximum absolute atomic E-state index is 6.18. The topological polar surface area (TPSA) is 48.3 Å². The molecule has 0 atom stereocenters. The van der Waals surface area contributed by atoms with Crippen LogP contribution in [0.5, 0.6) is 0 Å². The normalized spacial score (nSPS) is 18.6. The molecule has 6 heteroatoms. The highest BCUT2D eigenvalue weighted by Crippen LogP contribution is 2.36. The average Bonchev–Trinajstić information content (AvgIpc) is 2.99. The van der Waals surface area contributed by atoms with Crippen LogP contribution in [-0.4, -0.2) is 28.1 Å². The number of nitrogens with one attached hydrogen (secondary N) is 1. The van der Waals surface area contributed by atoms with Gasteiger partial charge in [-0.15, -0.1) is 0 Å². The second-order valence-corrected chi connectivity index (χ2v) is 7.98. The molecule has 1 aliphatic heterocycles. The van der Waals surface area contributed by atoms with Crippen molar-refractivity contribution in [2.45, 2.75) is 59.3 Å². The van der Waals surface area contributed by atoms with Crippen molar-refractivity contribution in [1.82, 2.24) is 9.78 Å². The Hall–Kier alpha value is -1.79. The van der Waals surface area contributed by atoms with Gasteiger partial charge >= 0.3 is 7.12 Å². The van der Waals surface area contributed by atoms with Gasteiger partial charge in [-0.2, -0.15) is 5.10 Å². The number of aryl methyl sites for hydroxylation is 3. The van der Waals surface area contributed by atoms with Gasteiger partial charge in [0.1, 0.15) is 0 Å².